The molecule has 4 rings (SSSR count). The Bertz CT molecular complexity index is 1040. The van der Waals surface area contributed by atoms with Crippen LogP contribution in [0.25, 0.3) is 10.9 Å². The third-order valence-electron chi connectivity index (χ3n) is 4.85. The van der Waals surface area contributed by atoms with Crippen LogP contribution in [0.1, 0.15) is 36.2 Å². The van der Waals surface area contributed by atoms with Gasteiger partial charge in [-0.05, 0) is 18.9 Å². The molecule has 0 bridgehead atoms. The lowest BCUT2D eigenvalue weighted by molar-refractivity contribution is -0.147. The Morgan fingerprint density at radius 1 is 1.26 bits per heavy atom. The molecule has 2 aromatic rings. The molecular formula is C18H16F2N2O5. The molecule has 2 heterocycles. The van der Waals surface area contributed by atoms with Crippen LogP contribution in [0, 0.1) is 11.6 Å². The molecular weight excluding hydrogens is 362 g/mol. The zero-order valence-corrected chi connectivity index (χ0v) is 14.4. The highest BCUT2D eigenvalue weighted by Gasteiger charge is 2.36. The lowest BCUT2D eigenvalue weighted by atomic mass is 10.1. The fourth-order valence-electron chi connectivity index (χ4n) is 3.44. The predicted octanol–water partition coefficient (Wildman–Crippen LogP) is 2.06. The molecule has 0 unspecified atom stereocenters. The van der Waals surface area contributed by atoms with Crippen LogP contribution in [0.2, 0.25) is 0 Å². The lowest BCUT2D eigenvalue weighted by Gasteiger charge is -2.40. The van der Waals surface area contributed by atoms with Gasteiger partial charge in [-0.2, -0.15) is 0 Å². The zero-order valence-electron chi connectivity index (χ0n) is 14.4. The maximum atomic E-state index is 15.3. The Balaban J connectivity index is 1.85. The van der Waals surface area contributed by atoms with Crippen molar-refractivity contribution in [2.45, 2.75) is 31.9 Å². The smallest absolute Gasteiger partial charge is 0.341 e. The van der Waals surface area contributed by atoms with Crippen molar-refractivity contribution in [3.63, 3.8) is 0 Å². The number of ether oxygens (including phenoxy) is 1. The molecule has 0 radical (unpaired) electrons. The molecule has 2 aliphatic rings. The fourth-order valence-corrected chi connectivity index (χ4v) is 3.44. The van der Waals surface area contributed by atoms with Crippen LogP contribution >= 0.6 is 0 Å². The van der Waals surface area contributed by atoms with Gasteiger partial charge in [-0.15, -0.1) is 0 Å². The van der Waals surface area contributed by atoms with E-state index < -0.39 is 40.7 Å². The van der Waals surface area contributed by atoms with E-state index in [4.69, 9.17) is 4.74 Å². The number of benzene rings is 1. The van der Waals surface area contributed by atoms with Crippen LogP contribution in [0.3, 0.4) is 0 Å². The maximum Gasteiger partial charge on any atom is 0.341 e. The average Bonchev–Trinajstić information content (AvgIpc) is 3.37. The van der Waals surface area contributed by atoms with E-state index in [1.54, 1.807) is 0 Å². The van der Waals surface area contributed by atoms with Gasteiger partial charge in [0.05, 0.1) is 24.0 Å². The van der Waals surface area contributed by atoms with E-state index in [0.29, 0.717) is 0 Å². The number of halogens is 2. The van der Waals surface area contributed by atoms with E-state index in [1.165, 1.54) is 16.4 Å². The van der Waals surface area contributed by atoms with Crippen molar-refractivity contribution >= 4 is 28.5 Å². The summed E-state index contributed by atoms with van der Waals surface area (Å²) in [7, 11) is 0. The largest absolute Gasteiger partial charge is 0.477 e. The number of carboxylic acid groups (broad SMARTS) is 1. The number of carbonyl (C=O) groups excluding carboxylic acids is 1. The Morgan fingerprint density at radius 2 is 1.93 bits per heavy atom. The van der Waals surface area contributed by atoms with Crippen LogP contribution in [0.4, 0.5) is 14.5 Å². The summed E-state index contributed by atoms with van der Waals surface area (Å²) < 4.78 is 36.3. The quantitative estimate of drug-likeness (QED) is 0.820. The van der Waals surface area contributed by atoms with E-state index in [-0.39, 0.29) is 35.7 Å². The monoisotopic (exact) mass is 378 g/mol. The van der Waals surface area contributed by atoms with Gasteiger partial charge < -0.3 is 19.3 Å². The van der Waals surface area contributed by atoms with Gasteiger partial charge in [0.2, 0.25) is 5.43 Å². The number of aromatic carboxylic acids is 1. The average molecular weight is 378 g/mol. The van der Waals surface area contributed by atoms with Gasteiger partial charge in [0.1, 0.15) is 23.2 Å². The summed E-state index contributed by atoms with van der Waals surface area (Å²) in [5.41, 5.74) is -1.83. The highest BCUT2D eigenvalue weighted by Crippen LogP contribution is 2.40. The van der Waals surface area contributed by atoms with Crippen molar-refractivity contribution in [3.05, 3.63) is 39.7 Å². The van der Waals surface area contributed by atoms with E-state index in [1.807, 2.05) is 0 Å². The number of carboxylic acids is 1. The van der Waals surface area contributed by atoms with Crippen molar-refractivity contribution < 1.29 is 28.2 Å². The SMILES string of the molecule is CC(=O)OC1CN(c2c(F)cc3c(=O)c(C(=O)O)cn(C4CC4)c3c2F)C1. The number of aromatic nitrogens is 1. The topological polar surface area (TPSA) is 88.8 Å². The molecule has 27 heavy (non-hydrogen) atoms. The van der Waals surface area contributed by atoms with Crippen molar-refractivity contribution in [3.8, 4) is 0 Å². The predicted molar refractivity (Wildman–Crippen MR) is 91.1 cm³/mol. The molecule has 1 aliphatic carbocycles. The molecule has 1 aromatic heterocycles. The zero-order chi connectivity index (χ0) is 19.5. The molecule has 1 saturated heterocycles. The Labute approximate surface area is 151 Å². The Morgan fingerprint density at radius 3 is 2.48 bits per heavy atom. The van der Waals surface area contributed by atoms with Crippen LogP contribution in [-0.2, 0) is 9.53 Å². The van der Waals surface area contributed by atoms with Crippen molar-refractivity contribution in [2.75, 3.05) is 18.0 Å². The summed E-state index contributed by atoms with van der Waals surface area (Å²) in [6.07, 6.45) is 2.13. The molecule has 1 saturated carbocycles. The normalized spacial score (nSPS) is 17.1. The number of nitrogens with zero attached hydrogens (tertiary/aromatic N) is 2. The number of pyridine rings is 1. The Kier molecular flexibility index (Phi) is 3.90. The first-order valence-electron chi connectivity index (χ1n) is 8.50. The second-order valence-electron chi connectivity index (χ2n) is 6.87. The molecule has 1 aliphatic heterocycles. The van der Waals surface area contributed by atoms with E-state index in [2.05, 4.69) is 0 Å². The van der Waals surface area contributed by atoms with Gasteiger partial charge in [0.15, 0.2) is 5.82 Å². The number of carbonyl (C=O) groups is 2. The molecule has 7 nitrogen and oxygen atoms in total. The number of anilines is 1. The molecule has 2 fully saturated rings. The minimum Gasteiger partial charge on any atom is -0.477 e. The van der Waals surface area contributed by atoms with Gasteiger partial charge in [-0.1, -0.05) is 0 Å². The number of esters is 1. The minimum absolute atomic E-state index is 0.0974. The highest BCUT2D eigenvalue weighted by atomic mass is 19.1. The summed E-state index contributed by atoms with van der Waals surface area (Å²) in [6, 6.07) is 0.768. The second kappa shape index (κ2) is 6.04. The molecule has 0 spiro atoms. The summed E-state index contributed by atoms with van der Waals surface area (Å²) >= 11 is 0. The van der Waals surface area contributed by atoms with Gasteiger partial charge in [-0.3, -0.25) is 9.59 Å². The van der Waals surface area contributed by atoms with Gasteiger partial charge in [-0.25, -0.2) is 13.6 Å². The first-order valence-corrected chi connectivity index (χ1v) is 8.50. The molecule has 1 aromatic carbocycles. The van der Waals surface area contributed by atoms with Gasteiger partial charge in [0.25, 0.3) is 0 Å². The summed E-state index contributed by atoms with van der Waals surface area (Å²) in [5, 5.41) is 8.94. The van der Waals surface area contributed by atoms with E-state index >= 15 is 4.39 Å². The molecule has 0 amide bonds. The van der Waals surface area contributed by atoms with Crippen molar-refractivity contribution in [2.24, 2.45) is 0 Å². The number of rotatable bonds is 4. The lowest BCUT2D eigenvalue weighted by Crippen LogP contribution is -2.53. The summed E-state index contributed by atoms with van der Waals surface area (Å²) in [6.45, 7) is 1.54. The van der Waals surface area contributed by atoms with Crippen LogP contribution in [0.15, 0.2) is 17.1 Å². The molecule has 142 valence electrons. The summed E-state index contributed by atoms with van der Waals surface area (Å²) in [4.78, 5) is 36.1. The molecule has 0 atom stereocenters. The van der Waals surface area contributed by atoms with Gasteiger partial charge in [0, 0.05) is 19.2 Å². The maximum absolute atomic E-state index is 15.3. The number of hydrogen-bond donors (Lipinski definition) is 1. The van der Waals surface area contributed by atoms with Crippen molar-refractivity contribution in [1.29, 1.82) is 0 Å². The number of fused-ring (bicyclic) bond motifs is 1. The van der Waals surface area contributed by atoms with E-state index in [0.717, 1.165) is 25.1 Å². The number of hydrogen-bond acceptors (Lipinski definition) is 5. The first kappa shape index (κ1) is 17.4. The van der Waals surface area contributed by atoms with Crippen LogP contribution < -0.4 is 10.3 Å². The second-order valence-corrected chi connectivity index (χ2v) is 6.87. The third-order valence-corrected chi connectivity index (χ3v) is 4.85. The third kappa shape index (κ3) is 2.83. The summed E-state index contributed by atoms with van der Waals surface area (Å²) in [5.74, 6) is -3.77. The molecule has 9 heteroatoms. The van der Waals surface area contributed by atoms with E-state index in [9.17, 15) is 23.9 Å². The molecule has 1 N–H and O–H groups in total. The van der Waals surface area contributed by atoms with Crippen LogP contribution in [0.5, 0.6) is 0 Å². The minimum atomic E-state index is -1.44. The standard InChI is InChI=1S/C18H16F2N2O5/c1-8(23)27-10-5-21(6-10)16-13(19)4-11-15(14(16)20)22(9-2-3-9)7-12(17(11)24)18(25)26/h4,7,9-10H,2-3,5-6H2,1H3,(H,25,26). The van der Waals surface area contributed by atoms with Crippen molar-refractivity contribution in [1.82, 2.24) is 4.57 Å². The van der Waals surface area contributed by atoms with Gasteiger partial charge >= 0.3 is 11.9 Å². The van der Waals surface area contributed by atoms with Crippen LogP contribution in [-0.4, -0.2) is 40.8 Å². The highest BCUT2D eigenvalue weighted by molar-refractivity contribution is 5.94. The fraction of sp³-hybridized carbons (Fsp3) is 0.389. The Hall–Kier alpha value is -2.97. The first-order chi connectivity index (χ1) is 12.8.